The summed E-state index contributed by atoms with van der Waals surface area (Å²) in [6, 6.07) is 7.33. The smallest absolute Gasteiger partial charge is 0.272 e. The number of fused-ring (bicyclic) bond motifs is 1. The number of nitrogens with zero attached hydrogens (tertiary/aromatic N) is 4. The minimum Gasteiger partial charge on any atom is -0.350 e. The van der Waals surface area contributed by atoms with Crippen LogP contribution in [-0.2, 0) is 17.9 Å². The van der Waals surface area contributed by atoms with Gasteiger partial charge < -0.3 is 20.4 Å². The molecule has 35 heavy (non-hydrogen) atoms. The molecule has 1 aromatic carbocycles. The number of halogens is 1. The summed E-state index contributed by atoms with van der Waals surface area (Å²) in [7, 11) is 1.57. The lowest BCUT2D eigenvalue weighted by Crippen LogP contribution is -2.62. The Bertz CT molecular complexity index is 1080. The third-order valence-corrected chi connectivity index (χ3v) is 7.00. The Kier molecular flexibility index (Phi) is 7.49. The van der Waals surface area contributed by atoms with Crippen LogP contribution in [0.3, 0.4) is 0 Å². The van der Waals surface area contributed by atoms with Crippen LogP contribution in [0.1, 0.15) is 59.1 Å². The van der Waals surface area contributed by atoms with Crippen molar-refractivity contribution in [3.05, 3.63) is 53.1 Å². The number of hydrogen-bond donors (Lipinski definition) is 2. The zero-order chi connectivity index (χ0) is 25.0. The average Bonchev–Trinajstić information content (AvgIpc) is 3.09. The molecule has 1 atom stereocenters. The van der Waals surface area contributed by atoms with Gasteiger partial charge in [-0.15, -0.1) is 0 Å². The SMILES string of the molecule is CN1C(=O)c2cc(C(=O)NCCN3CCCCCC3)nn2C[C@]1(C)C(=O)NCc1ccc(F)cc1. The van der Waals surface area contributed by atoms with Crippen molar-refractivity contribution in [2.45, 2.75) is 51.2 Å². The molecule has 0 saturated carbocycles. The number of hydrogen-bond acceptors (Lipinski definition) is 5. The molecular weight excluding hydrogens is 451 g/mol. The number of carbonyl (C=O) groups excluding carboxylic acids is 3. The predicted molar refractivity (Wildman–Crippen MR) is 128 cm³/mol. The molecule has 188 valence electrons. The summed E-state index contributed by atoms with van der Waals surface area (Å²) in [6.07, 6.45) is 4.89. The average molecular weight is 485 g/mol. The van der Waals surface area contributed by atoms with Crippen LogP contribution in [0.4, 0.5) is 4.39 Å². The minimum atomic E-state index is -1.20. The van der Waals surface area contributed by atoms with Crippen LogP contribution in [0.25, 0.3) is 0 Å². The lowest BCUT2D eigenvalue weighted by atomic mass is 9.96. The third kappa shape index (κ3) is 5.53. The summed E-state index contributed by atoms with van der Waals surface area (Å²) in [5, 5.41) is 10.1. The van der Waals surface area contributed by atoms with E-state index < -0.39 is 5.54 Å². The number of amides is 3. The number of rotatable bonds is 7. The lowest BCUT2D eigenvalue weighted by molar-refractivity contribution is -0.132. The number of benzene rings is 1. The summed E-state index contributed by atoms with van der Waals surface area (Å²) >= 11 is 0. The zero-order valence-corrected chi connectivity index (χ0v) is 20.3. The molecule has 0 bridgehead atoms. The van der Waals surface area contributed by atoms with E-state index in [-0.39, 0.29) is 48.0 Å². The van der Waals surface area contributed by atoms with Crippen LogP contribution in [0.5, 0.6) is 0 Å². The van der Waals surface area contributed by atoms with Gasteiger partial charge in [-0.25, -0.2) is 4.39 Å². The van der Waals surface area contributed by atoms with Crippen molar-refractivity contribution in [3.8, 4) is 0 Å². The summed E-state index contributed by atoms with van der Waals surface area (Å²) in [4.78, 5) is 42.6. The maximum absolute atomic E-state index is 13.1. The van der Waals surface area contributed by atoms with E-state index in [1.54, 1.807) is 26.1 Å². The maximum atomic E-state index is 13.1. The van der Waals surface area contributed by atoms with E-state index in [9.17, 15) is 18.8 Å². The summed E-state index contributed by atoms with van der Waals surface area (Å²) in [5.74, 6) is -1.42. The first kappa shape index (κ1) is 24.8. The Balaban J connectivity index is 1.38. The fraction of sp³-hybridized carbons (Fsp3) is 0.520. The lowest BCUT2D eigenvalue weighted by Gasteiger charge is -2.40. The van der Waals surface area contributed by atoms with Crippen molar-refractivity contribution in [2.24, 2.45) is 0 Å². The molecule has 0 aliphatic carbocycles. The van der Waals surface area contributed by atoms with Gasteiger partial charge in [0, 0.05) is 32.7 Å². The highest BCUT2D eigenvalue weighted by Crippen LogP contribution is 2.26. The molecule has 2 aliphatic rings. The Morgan fingerprint density at radius 3 is 2.46 bits per heavy atom. The van der Waals surface area contributed by atoms with Gasteiger partial charge in [0.2, 0.25) is 5.91 Å². The fourth-order valence-corrected chi connectivity index (χ4v) is 4.59. The summed E-state index contributed by atoms with van der Waals surface area (Å²) < 4.78 is 14.6. The molecule has 1 saturated heterocycles. The molecule has 9 nitrogen and oxygen atoms in total. The molecule has 1 fully saturated rings. The molecule has 10 heteroatoms. The molecule has 0 spiro atoms. The predicted octanol–water partition coefficient (Wildman–Crippen LogP) is 1.79. The van der Waals surface area contributed by atoms with Crippen molar-refractivity contribution < 1.29 is 18.8 Å². The summed E-state index contributed by atoms with van der Waals surface area (Å²) in [5.41, 5.74) is -0.0222. The van der Waals surface area contributed by atoms with E-state index in [1.165, 1.54) is 53.5 Å². The van der Waals surface area contributed by atoms with E-state index >= 15 is 0 Å². The Morgan fingerprint density at radius 1 is 1.09 bits per heavy atom. The Morgan fingerprint density at radius 2 is 1.77 bits per heavy atom. The quantitative estimate of drug-likeness (QED) is 0.624. The molecule has 3 amide bonds. The van der Waals surface area contributed by atoms with E-state index in [4.69, 9.17) is 0 Å². The molecule has 2 aliphatic heterocycles. The zero-order valence-electron chi connectivity index (χ0n) is 20.3. The van der Waals surface area contributed by atoms with Crippen LogP contribution < -0.4 is 10.6 Å². The van der Waals surface area contributed by atoms with Gasteiger partial charge in [-0.2, -0.15) is 5.10 Å². The second kappa shape index (κ2) is 10.6. The van der Waals surface area contributed by atoms with Gasteiger partial charge in [0.15, 0.2) is 5.69 Å². The van der Waals surface area contributed by atoms with Crippen LogP contribution in [0.15, 0.2) is 30.3 Å². The molecule has 4 rings (SSSR count). The topological polar surface area (TPSA) is 99.6 Å². The second-order valence-electron chi connectivity index (χ2n) is 9.53. The largest absolute Gasteiger partial charge is 0.350 e. The van der Waals surface area contributed by atoms with Crippen molar-refractivity contribution >= 4 is 17.7 Å². The van der Waals surface area contributed by atoms with Crippen molar-refractivity contribution in [3.63, 3.8) is 0 Å². The number of carbonyl (C=O) groups is 3. The van der Waals surface area contributed by atoms with Gasteiger partial charge in [-0.3, -0.25) is 19.1 Å². The number of nitrogens with one attached hydrogen (secondary N) is 2. The van der Waals surface area contributed by atoms with E-state index in [1.807, 2.05) is 0 Å². The van der Waals surface area contributed by atoms with Gasteiger partial charge in [0.05, 0.1) is 6.54 Å². The first-order chi connectivity index (χ1) is 16.8. The molecule has 3 heterocycles. The van der Waals surface area contributed by atoms with E-state index in [0.29, 0.717) is 6.54 Å². The normalized spacial score (nSPS) is 20.8. The molecule has 2 N–H and O–H groups in total. The van der Waals surface area contributed by atoms with Gasteiger partial charge in [0.25, 0.3) is 11.8 Å². The standard InChI is InChI=1S/C25H33FN6O3/c1-25(24(35)28-16-18-7-9-19(26)10-8-18)17-32-21(23(34)30(25)2)15-20(29-32)22(33)27-11-14-31-12-5-3-4-6-13-31/h7-10,15H,3-6,11-14,16-17H2,1-2H3,(H,27,33)(H,28,35)/t25-/m1/s1. The maximum Gasteiger partial charge on any atom is 0.272 e. The molecule has 0 unspecified atom stereocenters. The van der Waals surface area contributed by atoms with Crippen molar-refractivity contribution in [1.29, 1.82) is 0 Å². The highest BCUT2D eigenvalue weighted by Gasteiger charge is 2.46. The van der Waals surface area contributed by atoms with Crippen LogP contribution in [0, 0.1) is 5.82 Å². The van der Waals surface area contributed by atoms with E-state index in [0.717, 1.165) is 25.2 Å². The molecule has 2 aromatic rings. The second-order valence-corrected chi connectivity index (χ2v) is 9.53. The van der Waals surface area contributed by atoms with Gasteiger partial charge >= 0.3 is 0 Å². The Hall–Kier alpha value is -3.27. The first-order valence-corrected chi connectivity index (χ1v) is 12.2. The van der Waals surface area contributed by atoms with Crippen molar-refractivity contribution in [2.75, 3.05) is 33.2 Å². The van der Waals surface area contributed by atoms with E-state index in [2.05, 4.69) is 20.6 Å². The Labute approximate surface area is 204 Å². The molecular formula is C25H33FN6O3. The molecule has 0 radical (unpaired) electrons. The number of aromatic nitrogens is 2. The molecule has 1 aromatic heterocycles. The highest BCUT2D eigenvalue weighted by molar-refractivity contribution is 6.01. The highest BCUT2D eigenvalue weighted by atomic mass is 19.1. The first-order valence-electron chi connectivity index (χ1n) is 12.2. The third-order valence-electron chi connectivity index (χ3n) is 7.00. The van der Waals surface area contributed by atoms with Crippen molar-refractivity contribution in [1.82, 2.24) is 30.2 Å². The monoisotopic (exact) mass is 484 g/mol. The van der Waals surface area contributed by atoms with Gasteiger partial charge in [-0.05, 0) is 50.6 Å². The minimum absolute atomic E-state index is 0.112. The number of likely N-dealkylation sites (N-methyl/N-ethyl adjacent to an activating group) is 1. The van der Waals surface area contributed by atoms with Gasteiger partial charge in [-0.1, -0.05) is 25.0 Å². The number of likely N-dealkylation sites (tertiary alicyclic amines) is 1. The van der Waals surface area contributed by atoms with Gasteiger partial charge in [0.1, 0.15) is 17.1 Å². The fourth-order valence-electron chi connectivity index (χ4n) is 4.59. The van der Waals surface area contributed by atoms with Crippen LogP contribution in [0.2, 0.25) is 0 Å². The van der Waals surface area contributed by atoms with Crippen LogP contribution in [-0.4, -0.2) is 76.1 Å². The van der Waals surface area contributed by atoms with Crippen LogP contribution >= 0.6 is 0 Å². The summed E-state index contributed by atoms with van der Waals surface area (Å²) in [6.45, 7) is 5.38.